The van der Waals surface area contributed by atoms with Crippen molar-refractivity contribution in [2.75, 3.05) is 31.6 Å². The van der Waals surface area contributed by atoms with Crippen LogP contribution in [0.15, 0.2) is 24.3 Å². The van der Waals surface area contributed by atoms with Crippen molar-refractivity contribution in [1.82, 2.24) is 4.90 Å². The Labute approximate surface area is 188 Å². The van der Waals surface area contributed by atoms with E-state index in [-0.39, 0.29) is 25.4 Å². The van der Waals surface area contributed by atoms with E-state index in [1.165, 1.54) is 16.8 Å². The van der Waals surface area contributed by atoms with Gasteiger partial charge in [0.2, 0.25) is 0 Å². The summed E-state index contributed by atoms with van der Waals surface area (Å²) in [5.74, 6) is -0.792. The van der Waals surface area contributed by atoms with Crippen LogP contribution in [-0.2, 0) is 15.1 Å². The van der Waals surface area contributed by atoms with Gasteiger partial charge < -0.3 is 19.5 Å². The predicted molar refractivity (Wildman–Crippen MR) is 108 cm³/mol. The van der Waals surface area contributed by atoms with Crippen molar-refractivity contribution < 1.29 is 45.7 Å². The van der Waals surface area contributed by atoms with Crippen LogP contribution >= 0.6 is 0 Å². The average Bonchev–Trinajstić information content (AvgIpc) is 3.04. The molecule has 1 aliphatic rings. The Morgan fingerprint density at radius 2 is 1.67 bits per heavy atom. The molecule has 0 bridgehead atoms. The molecule has 12 heteroatoms. The van der Waals surface area contributed by atoms with E-state index in [0.29, 0.717) is 25.0 Å². The van der Waals surface area contributed by atoms with Crippen LogP contribution < -0.4 is 4.90 Å². The number of hydrogen-bond donors (Lipinski definition) is 1. The van der Waals surface area contributed by atoms with Crippen molar-refractivity contribution in [1.29, 1.82) is 0 Å². The third-order valence-electron chi connectivity index (χ3n) is 5.25. The number of hydrogen-bond acceptors (Lipinski definition) is 4. The van der Waals surface area contributed by atoms with Crippen molar-refractivity contribution in [3.63, 3.8) is 0 Å². The van der Waals surface area contributed by atoms with E-state index in [9.17, 15) is 36.2 Å². The van der Waals surface area contributed by atoms with Gasteiger partial charge in [-0.2, -0.15) is 26.3 Å². The lowest BCUT2D eigenvalue weighted by Crippen LogP contribution is -2.53. The molecule has 33 heavy (non-hydrogen) atoms. The van der Waals surface area contributed by atoms with Crippen molar-refractivity contribution in [3.8, 4) is 0 Å². The first-order valence-electron chi connectivity index (χ1n) is 10.3. The second-order valence-electron chi connectivity index (χ2n) is 8.37. The van der Waals surface area contributed by atoms with E-state index in [4.69, 9.17) is 9.47 Å². The molecule has 1 saturated heterocycles. The minimum absolute atomic E-state index is 0.0969. The van der Waals surface area contributed by atoms with Crippen LogP contribution in [0.2, 0.25) is 0 Å². The Balaban J connectivity index is 2.28. The molecule has 0 radical (unpaired) electrons. The fraction of sp³-hybridized carbons (Fsp3) is 0.667. The van der Waals surface area contributed by atoms with Crippen LogP contribution in [-0.4, -0.2) is 67.0 Å². The van der Waals surface area contributed by atoms with Gasteiger partial charge in [0.1, 0.15) is 6.10 Å². The summed E-state index contributed by atoms with van der Waals surface area (Å²) in [4.78, 5) is 15.7. The number of alkyl halides is 6. The molecule has 1 N–H and O–H groups in total. The van der Waals surface area contributed by atoms with E-state index < -0.39 is 41.4 Å². The highest BCUT2D eigenvalue weighted by atomic mass is 19.4. The maximum absolute atomic E-state index is 13.1. The molecule has 1 aliphatic heterocycles. The van der Waals surface area contributed by atoms with E-state index >= 15 is 0 Å². The molecule has 2 amide bonds. The second-order valence-corrected chi connectivity index (χ2v) is 8.37. The first kappa shape index (κ1) is 27.2. The monoisotopic (exact) mass is 486 g/mol. The van der Waals surface area contributed by atoms with Gasteiger partial charge >= 0.3 is 18.4 Å². The molecule has 6 nitrogen and oxygen atoms in total. The van der Waals surface area contributed by atoms with Crippen LogP contribution in [0, 0.1) is 0 Å². The number of anilines is 1. The maximum atomic E-state index is 13.1. The van der Waals surface area contributed by atoms with Crippen LogP contribution in [0.5, 0.6) is 0 Å². The third-order valence-corrected chi connectivity index (χ3v) is 5.25. The first-order valence-corrected chi connectivity index (χ1v) is 10.3. The highest BCUT2D eigenvalue weighted by Gasteiger charge is 2.71. The number of halogens is 6. The number of carbonyl (C=O) groups is 1. The second kappa shape index (κ2) is 9.67. The Bertz CT molecular complexity index is 796. The zero-order chi connectivity index (χ0) is 25.2. The van der Waals surface area contributed by atoms with Gasteiger partial charge in [-0.25, -0.2) is 4.79 Å². The summed E-state index contributed by atoms with van der Waals surface area (Å²) in [6.07, 6.45) is -11.1. The standard InChI is InChI=1S/C21H28F6N2O4/c1-5-6-11-29(17(30)28(4)12-16-13-32-18(2,3)33-16)15-9-7-14(8-10-15)19(31,20(22,23)24)21(25,26)27/h7-10,16,31H,5-6,11-13H2,1-4H3. The maximum Gasteiger partial charge on any atom is 0.430 e. The van der Waals surface area contributed by atoms with Crippen molar-refractivity contribution in [2.24, 2.45) is 0 Å². The lowest BCUT2D eigenvalue weighted by molar-refractivity contribution is -0.376. The Hall–Kier alpha value is -2.05. The normalized spacial score (nSPS) is 18.9. The van der Waals surface area contributed by atoms with Gasteiger partial charge in [0.25, 0.3) is 5.60 Å². The van der Waals surface area contributed by atoms with E-state index in [1.807, 2.05) is 6.92 Å². The number of ether oxygens (including phenoxy) is 2. The average molecular weight is 486 g/mol. The summed E-state index contributed by atoms with van der Waals surface area (Å²) >= 11 is 0. The number of unbranched alkanes of at least 4 members (excludes halogenated alkanes) is 1. The summed E-state index contributed by atoms with van der Waals surface area (Å²) < 4.78 is 89.9. The number of carbonyl (C=O) groups excluding carboxylic acids is 1. The summed E-state index contributed by atoms with van der Waals surface area (Å²) in [6, 6.07) is 2.46. The molecule has 1 unspecified atom stereocenters. The number of aliphatic hydroxyl groups is 1. The summed E-state index contributed by atoms with van der Waals surface area (Å²) in [6.45, 7) is 5.95. The Kier molecular flexibility index (Phi) is 7.97. The molecule has 1 fully saturated rings. The minimum atomic E-state index is -5.98. The Morgan fingerprint density at radius 3 is 2.09 bits per heavy atom. The molecule has 0 spiro atoms. The fourth-order valence-corrected chi connectivity index (χ4v) is 3.46. The molecule has 2 rings (SSSR count). The molecule has 188 valence electrons. The predicted octanol–water partition coefficient (Wildman–Crippen LogP) is 4.81. The Morgan fingerprint density at radius 1 is 1.12 bits per heavy atom. The van der Waals surface area contributed by atoms with Gasteiger partial charge in [-0.3, -0.25) is 4.90 Å². The minimum Gasteiger partial charge on any atom is -0.369 e. The summed E-state index contributed by atoms with van der Waals surface area (Å²) in [7, 11) is 1.51. The molecule has 1 aromatic rings. The number of rotatable bonds is 7. The van der Waals surface area contributed by atoms with E-state index in [1.54, 1.807) is 13.8 Å². The lowest BCUT2D eigenvalue weighted by Gasteiger charge is -2.33. The third kappa shape index (κ3) is 5.90. The quantitative estimate of drug-likeness (QED) is 0.562. The number of urea groups is 1. The van der Waals surface area contributed by atoms with Gasteiger partial charge in [0.15, 0.2) is 5.79 Å². The smallest absolute Gasteiger partial charge is 0.369 e. The van der Waals surface area contributed by atoms with Crippen molar-refractivity contribution >= 4 is 11.7 Å². The number of benzene rings is 1. The number of nitrogens with zero attached hydrogens (tertiary/aromatic N) is 2. The fourth-order valence-electron chi connectivity index (χ4n) is 3.46. The van der Waals surface area contributed by atoms with Crippen LogP contribution in [0.3, 0.4) is 0 Å². The zero-order valence-corrected chi connectivity index (χ0v) is 18.8. The summed E-state index contributed by atoms with van der Waals surface area (Å²) in [5, 5.41) is 9.56. The molecule has 0 aliphatic carbocycles. The van der Waals surface area contributed by atoms with Crippen LogP contribution in [0.1, 0.15) is 39.2 Å². The van der Waals surface area contributed by atoms with Gasteiger partial charge in [0, 0.05) is 24.8 Å². The highest BCUT2D eigenvalue weighted by Crippen LogP contribution is 2.50. The number of amides is 2. The van der Waals surface area contributed by atoms with Crippen LogP contribution in [0.4, 0.5) is 36.8 Å². The van der Waals surface area contributed by atoms with Crippen LogP contribution in [0.25, 0.3) is 0 Å². The number of likely N-dealkylation sites (N-methyl/N-ethyl adjacent to an activating group) is 1. The summed E-state index contributed by atoms with van der Waals surface area (Å²) in [5.41, 5.74) is -6.32. The first-order chi connectivity index (χ1) is 15.0. The van der Waals surface area contributed by atoms with E-state index in [2.05, 4.69) is 0 Å². The molecule has 0 saturated carbocycles. The van der Waals surface area contributed by atoms with Gasteiger partial charge in [0.05, 0.1) is 13.2 Å². The van der Waals surface area contributed by atoms with Gasteiger partial charge in [-0.1, -0.05) is 25.5 Å². The van der Waals surface area contributed by atoms with Gasteiger partial charge in [-0.05, 0) is 32.4 Å². The largest absolute Gasteiger partial charge is 0.430 e. The molecule has 1 atom stereocenters. The van der Waals surface area contributed by atoms with E-state index in [0.717, 1.165) is 12.1 Å². The molecular weight excluding hydrogens is 458 g/mol. The van der Waals surface area contributed by atoms with Crippen molar-refractivity contribution in [3.05, 3.63) is 29.8 Å². The topological polar surface area (TPSA) is 62.2 Å². The lowest BCUT2D eigenvalue weighted by atomic mass is 9.92. The molecule has 1 aromatic carbocycles. The highest BCUT2D eigenvalue weighted by molar-refractivity contribution is 5.91. The molecular formula is C21H28F6N2O4. The molecule has 1 heterocycles. The van der Waals surface area contributed by atoms with Crippen molar-refractivity contribution in [2.45, 2.75) is 63.5 Å². The van der Waals surface area contributed by atoms with Gasteiger partial charge in [-0.15, -0.1) is 0 Å². The zero-order valence-electron chi connectivity index (χ0n) is 18.8. The SMILES string of the molecule is CCCCN(C(=O)N(C)CC1COC(C)(C)O1)c1ccc(C(O)(C(F)(F)F)C(F)(F)F)cc1. The molecule has 0 aromatic heterocycles.